The number of hydrogen-bond donors (Lipinski definition) is 1. The highest BCUT2D eigenvalue weighted by molar-refractivity contribution is 6.08. The van der Waals surface area contributed by atoms with Gasteiger partial charge >= 0.3 is 0 Å². The molecule has 2 aromatic carbocycles. The van der Waals surface area contributed by atoms with E-state index in [1.165, 1.54) is 38.5 Å². The summed E-state index contributed by atoms with van der Waals surface area (Å²) in [4.78, 5) is 3.51. The Morgan fingerprint density at radius 3 is 2.56 bits per heavy atom. The van der Waals surface area contributed by atoms with Gasteiger partial charge in [-0.2, -0.15) is 0 Å². The van der Waals surface area contributed by atoms with E-state index in [2.05, 4.69) is 56.1 Å². The van der Waals surface area contributed by atoms with Gasteiger partial charge in [-0.3, -0.25) is 0 Å². The summed E-state index contributed by atoms with van der Waals surface area (Å²) in [6.07, 6.45) is 0. The summed E-state index contributed by atoms with van der Waals surface area (Å²) in [5.41, 5.74) is 5.29. The molecule has 80 valence electrons. The molecule has 1 N–H and O–H groups in total. The zero-order chi connectivity index (χ0) is 11.3. The van der Waals surface area contributed by atoms with E-state index < -0.39 is 0 Å². The van der Waals surface area contributed by atoms with Crippen LogP contribution in [0.5, 0.6) is 0 Å². The molecular weight excluding hydrogens is 194 g/mol. The van der Waals surface area contributed by atoms with E-state index in [4.69, 9.17) is 0 Å². The fourth-order valence-corrected chi connectivity index (χ4v) is 2.57. The molecule has 0 bridgehead atoms. The summed E-state index contributed by atoms with van der Waals surface area (Å²) < 4.78 is 0. The SMILES string of the molecule is Cc1[nH]c2c(c(C)cc3ccccc32)c1C. The maximum Gasteiger partial charge on any atom is 0.0541 e. The number of rotatable bonds is 0. The van der Waals surface area contributed by atoms with Crippen molar-refractivity contribution in [3.8, 4) is 0 Å². The molecule has 0 fully saturated rings. The largest absolute Gasteiger partial charge is 0.358 e. The predicted molar refractivity (Wildman–Crippen MR) is 70.0 cm³/mol. The van der Waals surface area contributed by atoms with Crippen LogP contribution in [-0.2, 0) is 0 Å². The number of fused-ring (bicyclic) bond motifs is 3. The number of aryl methyl sites for hydroxylation is 3. The Hall–Kier alpha value is -1.76. The lowest BCUT2D eigenvalue weighted by Crippen LogP contribution is -1.80. The number of nitrogens with one attached hydrogen (secondary N) is 1. The second kappa shape index (κ2) is 3.11. The van der Waals surface area contributed by atoms with Gasteiger partial charge in [0, 0.05) is 16.5 Å². The molecule has 3 aromatic rings. The quantitative estimate of drug-likeness (QED) is 0.569. The van der Waals surface area contributed by atoms with Crippen LogP contribution in [0.1, 0.15) is 16.8 Å². The van der Waals surface area contributed by atoms with Gasteiger partial charge in [0.25, 0.3) is 0 Å². The summed E-state index contributed by atoms with van der Waals surface area (Å²) in [6.45, 7) is 6.52. The molecule has 1 heteroatoms. The summed E-state index contributed by atoms with van der Waals surface area (Å²) in [7, 11) is 0. The van der Waals surface area contributed by atoms with E-state index in [1.54, 1.807) is 0 Å². The molecule has 0 aliphatic heterocycles. The molecule has 0 saturated carbocycles. The van der Waals surface area contributed by atoms with Gasteiger partial charge in [-0.1, -0.05) is 30.3 Å². The molecule has 1 heterocycles. The maximum absolute atomic E-state index is 3.51. The van der Waals surface area contributed by atoms with E-state index in [0.29, 0.717) is 0 Å². The summed E-state index contributed by atoms with van der Waals surface area (Å²) >= 11 is 0. The molecule has 0 saturated heterocycles. The number of aromatic nitrogens is 1. The number of hydrogen-bond acceptors (Lipinski definition) is 0. The van der Waals surface area contributed by atoms with E-state index in [9.17, 15) is 0 Å². The van der Waals surface area contributed by atoms with Crippen molar-refractivity contribution in [2.24, 2.45) is 0 Å². The molecule has 1 aromatic heterocycles. The zero-order valence-electron chi connectivity index (χ0n) is 9.89. The van der Waals surface area contributed by atoms with Gasteiger partial charge in [-0.15, -0.1) is 0 Å². The summed E-state index contributed by atoms with van der Waals surface area (Å²) in [6, 6.07) is 10.8. The molecule has 0 radical (unpaired) electrons. The summed E-state index contributed by atoms with van der Waals surface area (Å²) in [5.74, 6) is 0. The molecular formula is C15H15N. The second-order valence-corrected chi connectivity index (χ2v) is 4.54. The van der Waals surface area contributed by atoms with Crippen LogP contribution in [0.2, 0.25) is 0 Å². The van der Waals surface area contributed by atoms with Crippen molar-refractivity contribution < 1.29 is 0 Å². The van der Waals surface area contributed by atoms with E-state index in [1.807, 2.05) is 0 Å². The van der Waals surface area contributed by atoms with Crippen molar-refractivity contribution in [2.75, 3.05) is 0 Å². The molecule has 0 aliphatic rings. The minimum Gasteiger partial charge on any atom is -0.358 e. The second-order valence-electron chi connectivity index (χ2n) is 4.54. The van der Waals surface area contributed by atoms with Gasteiger partial charge in [0.05, 0.1) is 5.52 Å². The van der Waals surface area contributed by atoms with Crippen LogP contribution in [0.3, 0.4) is 0 Å². The molecule has 1 nitrogen and oxygen atoms in total. The van der Waals surface area contributed by atoms with Crippen molar-refractivity contribution in [3.05, 3.63) is 47.2 Å². The van der Waals surface area contributed by atoms with Crippen molar-refractivity contribution in [1.82, 2.24) is 4.98 Å². The lowest BCUT2D eigenvalue weighted by Gasteiger charge is -2.03. The Morgan fingerprint density at radius 2 is 1.75 bits per heavy atom. The lowest BCUT2D eigenvalue weighted by molar-refractivity contribution is 1.26. The molecule has 16 heavy (non-hydrogen) atoms. The smallest absolute Gasteiger partial charge is 0.0541 e. The first-order chi connectivity index (χ1) is 7.68. The van der Waals surface area contributed by atoms with Crippen LogP contribution in [0.25, 0.3) is 21.7 Å². The van der Waals surface area contributed by atoms with Gasteiger partial charge in [0.2, 0.25) is 0 Å². The third-order valence-electron chi connectivity index (χ3n) is 3.50. The predicted octanol–water partition coefficient (Wildman–Crippen LogP) is 4.25. The Kier molecular flexibility index (Phi) is 1.84. The first kappa shape index (κ1) is 9.46. The fraction of sp³-hybridized carbons (Fsp3) is 0.200. The van der Waals surface area contributed by atoms with Gasteiger partial charge in [0.1, 0.15) is 0 Å². The average Bonchev–Trinajstić information content (AvgIpc) is 2.57. The van der Waals surface area contributed by atoms with Gasteiger partial charge in [-0.05, 0) is 37.3 Å². The van der Waals surface area contributed by atoms with E-state index in [0.717, 1.165) is 0 Å². The fourth-order valence-electron chi connectivity index (χ4n) is 2.57. The van der Waals surface area contributed by atoms with Crippen molar-refractivity contribution in [1.29, 1.82) is 0 Å². The van der Waals surface area contributed by atoms with Crippen LogP contribution >= 0.6 is 0 Å². The van der Waals surface area contributed by atoms with Gasteiger partial charge in [0.15, 0.2) is 0 Å². The molecule has 0 aliphatic carbocycles. The van der Waals surface area contributed by atoms with Crippen molar-refractivity contribution in [2.45, 2.75) is 20.8 Å². The Bertz CT molecular complexity index is 689. The van der Waals surface area contributed by atoms with Gasteiger partial charge in [-0.25, -0.2) is 0 Å². The van der Waals surface area contributed by atoms with Crippen LogP contribution in [0.15, 0.2) is 30.3 Å². The number of benzene rings is 2. The molecule has 3 rings (SSSR count). The van der Waals surface area contributed by atoms with Crippen LogP contribution < -0.4 is 0 Å². The Labute approximate surface area is 95.1 Å². The Morgan fingerprint density at radius 1 is 1.00 bits per heavy atom. The standard InChI is InChI=1S/C15H15N/c1-9-8-12-6-4-5-7-13(12)15-14(9)10(2)11(3)16-15/h4-8,16H,1-3H3. The first-order valence-electron chi connectivity index (χ1n) is 5.65. The molecule has 0 atom stereocenters. The highest BCUT2D eigenvalue weighted by Crippen LogP contribution is 2.31. The lowest BCUT2D eigenvalue weighted by atomic mass is 10.0. The van der Waals surface area contributed by atoms with E-state index >= 15 is 0 Å². The van der Waals surface area contributed by atoms with Crippen molar-refractivity contribution in [3.63, 3.8) is 0 Å². The van der Waals surface area contributed by atoms with E-state index in [-0.39, 0.29) is 0 Å². The first-order valence-corrected chi connectivity index (χ1v) is 5.65. The highest BCUT2D eigenvalue weighted by atomic mass is 14.7. The normalized spacial score (nSPS) is 11.4. The average molecular weight is 209 g/mol. The van der Waals surface area contributed by atoms with Gasteiger partial charge < -0.3 is 4.98 Å². The number of aromatic amines is 1. The monoisotopic (exact) mass is 209 g/mol. The zero-order valence-corrected chi connectivity index (χ0v) is 9.89. The van der Waals surface area contributed by atoms with Crippen LogP contribution in [0, 0.1) is 20.8 Å². The third-order valence-corrected chi connectivity index (χ3v) is 3.50. The van der Waals surface area contributed by atoms with Crippen LogP contribution in [0.4, 0.5) is 0 Å². The maximum atomic E-state index is 3.51. The Balaban J connectivity index is 2.65. The molecule has 0 spiro atoms. The number of H-pyrrole nitrogens is 1. The highest BCUT2D eigenvalue weighted by Gasteiger charge is 2.09. The van der Waals surface area contributed by atoms with Crippen molar-refractivity contribution >= 4 is 21.7 Å². The molecule has 0 unspecified atom stereocenters. The minimum absolute atomic E-state index is 1.27. The third kappa shape index (κ3) is 1.12. The van der Waals surface area contributed by atoms with Crippen LogP contribution in [-0.4, -0.2) is 4.98 Å². The summed E-state index contributed by atoms with van der Waals surface area (Å²) in [5, 5.41) is 4.02. The topological polar surface area (TPSA) is 15.8 Å². The minimum atomic E-state index is 1.27. The molecule has 0 amide bonds.